The van der Waals surface area contributed by atoms with Crippen LogP contribution in [0.25, 0.3) is 10.2 Å². The number of aromatic carboxylic acids is 1. The van der Waals surface area contributed by atoms with Gasteiger partial charge in [-0.3, -0.25) is 14.7 Å². The van der Waals surface area contributed by atoms with E-state index in [-0.39, 0.29) is 11.1 Å². The largest absolute Gasteiger partial charge is 0.478 e. The van der Waals surface area contributed by atoms with Crippen molar-refractivity contribution in [3.05, 3.63) is 57.2 Å². The second-order valence-electron chi connectivity index (χ2n) is 5.12. The average molecular weight is 330 g/mol. The molecule has 0 spiro atoms. The molecule has 23 heavy (non-hydrogen) atoms. The molecule has 7 nitrogen and oxygen atoms in total. The van der Waals surface area contributed by atoms with E-state index in [1.807, 2.05) is 17.3 Å². The van der Waals surface area contributed by atoms with Gasteiger partial charge in [-0.1, -0.05) is 0 Å². The molecule has 8 heteroatoms. The number of thiophene rings is 1. The molecule has 0 aliphatic rings. The van der Waals surface area contributed by atoms with Crippen molar-refractivity contribution in [1.82, 2.24) is 19.9 Å². The topological polar surface area (TPSA) is 99.2 Å². The van der Waals surface area contributed by atoms with Crippen molar-refractivity contribution in [3.63, 3.8) is 0 Å². The molecule has 0 saturated carbocycles. The summed E-state index contributed by atoms with van der Waals surface area (Å²) in [6.07, 6.45) is 1.56. The molecule has 0 atom stereocenters. The first-order chi connectivity index (χ1) is 11.0. The summed E-state index contributed by atoms with van der Waals surface area (Å²) in [6.45, 7) is 0.727. The van der Waals surface area contributed by atoms with Crippen LogP contribution in [-0.2, 0) is 13.1 Å². The van der Waals surface area contributed by atoms with Crippen LogP contribution in [0.5, 0.6) is 0 Å². The first-order valence-electron chi connectivity index (χ1n) is 6.86. The number of H-pyrrole nitrogens is 1. The maximum atomic E-state index is 12.0. The van der Waals surface area contributed by atoms with Gasteiger partial charge in [-0.25, -0.2) is 9.78 Å². The Bertz CT molecular complexity index is 918. The van der Waals surface area contributed by atoms with Crippen molar-refractivity contribution < 1.29 is 9.90 Å². The van der Waals surface area contributed by atoms with Gasteiger partial charge in [-0.2, -0.15) is 0 Å². The minimum absolute atomic E-state index is 0.155. The van der Waals surface area contributed by atoms with Crippen LogP contribution in [0.3, 0.4) is 0 Å². The Morgan fingerprint density at radius 3 is 3.00 bits per heavy atom. The Morgan fingerprint density at radius 2 is 2.22 bits per heavy atom. The van der Waals surface area contributed by atoms with E-state index in [9.17, 15) is 14.7 Å². The number of carboxylic acids is 1. The fraction of sp³-hybridized carbons (Fsp3) is 0.200. The van der Waals surface area contributed by atoms with Gasteiger partial charge in [-0.15, -0.1) is 11.3 Å². The number of hydrogen-bond acceptors (Lipinski definition) is 6. The average Bonchev–Trinajstić information content (AvgIpc) is 2.96. The Morgan fingerprint density at radius 1 is 1.39 bits per heavy atom. The lowest BCUT2D eigenvalue weighted by atomic mass is 10.2. The molecular formula is C15H14N4O3S. The standard InChI is InChI=1S/C15H14N4O3S/c1-19(7-11-9(15(21)22)3-2-5-16-11)8-12-17-10-4-6-23-13(10)14(20)18-12/h2-6H,7-8H2,1H3,(H,21,22)(H,17,18,20). The van der Waals surface area contributed by atoms with Gasteiger partial charge in [0.15, 0.2) is 0 Å². The van der Waals surface area contributed by atoms with Crippen LogP contribution in [-0.4, -0.2) is 38.0 Å². The zero-order valence-corrected chi connectivity index (χ0v) is 13.1. The highest BCUT2D eigenvalue weighted by Gasteiger charge is 2.13. The van der Waals surface area contributed by atoms with Crippen molar-refractivity contribution in [1.29, 1.82) is 0 Å². The van der Waals surface area contributed by atoms with Crippen molar-refractivity contribution in [2.24, 2.45) is 0 Å². The number of carbonyl (C=O) groups is 1. The summed E-state index contributed by atoms with van der Waals surface area (Å²) in [5.41, 5.74) is 1.17. The molecule has 0 bridgehead atoms. The molecule has 3 aromatic rings. The molecule has 0 amide bonds. The van der Waals surface area contributed by atoms with Crippen molar-refractivity contribution in [3.8, 4) is 0 Å². The fourth-order valence-corrected chi connectivity index (χ4v) is 3.05. The van der Waals surface area contributed by atoms with Crippen LogP contribution >= 0.6 is 11.3 Å². The van der Waals surface area contributed by atoms with Crippen LogP contribution < -0.4 is 5.56 Å². The number of fused-ring (bicyclic) bond motifs is 1. The van der Waals surface area contributed by atoms with Gasteiger partial charge in [0, 0.05) is 12.7 Å². The lowest BCUT2D eigenvalue weighted by Crippen LogP contribution is -2.23. The number of pyridine rings is 1. The van der Waals surface area contributed by atoms with Gasteiger partial charge >= 0.3 is 5.97 Å². The normalized spacial score (nSPS) is 11.2. The molecule has 0 aromatic carbocycles. The van der Waals surface area contributed by atoms with E-state index >= 15 is 0 Å². The number of aromatic amines is 1. The van der Waals surface area contributed by atoms with Gasteiger partial charge < -0.3 is 10.1 Å². The molecule has 3 heterocycles. The third kappa shape index (κ3) is 3.27. The van der Waals surface area contributed by atoms with Gasteiger partial charge in [0.05, 0.1) is 23.3 Å². The van der Waals surface area contributed by atoms with Crippen molar-refractivity contribution in [2.75, 3.05) is 7.05 Å². The van der Waals surface area contributed by atoms with Crippen LogP contribution in [0.2, 0.25) is 0 Å². The van der Waals surface area contributed by atoms with Crippen LogP contribution in [0, 0.1) is 0 Å². The summed E-state index contributed by atoms with van der Waals surface area (Å²) in [5, 5.41) is 11.0. The van der Waals surface area contributed by atoms with Gasteiger partial charge in [0.2, 0.25) is 0 Å². The fourth-order valence-electron chi connectivity index (χ4n) is 2.32. The monoisotopic (exact) mass is 330 g/mol. The molecule has 118 valence electrons. The Labute approximate surface area is 135 Å². The summed E-state index contributed by atoms with van der Waals surface area (Å²) in [6, 6.07) is 4.92. The summed E-state index contributed by atoms with van der Waals surface area (Å²) >= 11 is 1.35. The maximum absolute atomic E-state index is 12.0. The number of rotatable bonds is 5. The second kappa shape index (κ2) is 6.27. The molecule has 0 aliphatic heterocycles. The van der Waals surface area contributed by atoms with Gasteiger partial charge in [-0.05, 0) is 30.6 Å². The molecule has 0 fully saturated rings. The predicted octanol–water partition coefficient (Wildman–Crippen LogP) is 1.71. The van der Waals surface area contributed by atoms with E-state index in [2.05, 4.69) is 15.0 Å². The van der Waals surface area contributed by atoms with E-state index in [4.69, 9.17) is 0 Å². The molecule has 0 aliphatic carbocycles. The number of carboxylic acid groups (broad SMARTS) is 1. The van der Waals surface area contributed by atoms with Crippen LogP contribution in [0.1, 0.15) is 21.9 Å². The molecule has 0 saturated heterocycles. The number of aromatic nitrogens is 3. The molecule has 3 rings (SSSR count). The predicted molar refractivity (Wildman–Crippen MR) is 86.6 cm³/mol. The van der Waals surface area contributed by atoms with Crippen molar-refractivity contribution in [2.45, 2.75) is 13.1 Å². The first kappa shape index (κ1) is 15.3. The highest BCUT2D eigenvalue weighted by molar-refractivity contribution is 7.17. The number of nitrogens with one attached hydrogen (secondary N) is 1. The Kier molecular flexibility index (Phi) is 4.18. The molecular weight excluding hydrogens is 316 g/mol. The highest BCUT2D eigenvalue weighted by Crippen LogP contribution is 2.14. The van der Waals surface area contributed by atoms with Gasteiger partial charge in [0.1, 0.15) is 10.5 Å². The molecule has 0 radical (unpaired) electrons. The minimum atomic E-state index is -1.01. The third-order valence-electron chi connectivity index (χ3n) is 3.32. The zero-order chi connectivity index (χ0) is 16.4. The third-order valence-corrected chi connectivity index (χ3v) is 4.23. The van der Waals surface area contributed by atoms with Crippen molar-refractivity contribution >= 4 is 27.5 Å². The zero-order valence-electron chi connectivity index (χ0n) is 12.3. The molecule has 0 unspecified atom stereocenters. The number of hydrogen-bond donors (Lipinski definition) is 2. The quantitative estimate of drug-likeness (QED) is 0.739. The van der Waals surface area contributed by atoms with E-state index in [0.717, 1.165) is 0 Å². The summed E-state index contributed by atoms with van der Waals surface area (Å²) < 4.78 is 0.606. The Hall–Kier alpha value is -2.58. The first-order valence-corrected chi connectivity index (χ1v) is 7.74. The smallest absolute Gasteiger partial charge is 0.337 e. The summed E-state index contributed by atoms with van der Waals surface area (Å²) in [5.74, 6) is -0.469. The second-order valence-corrected chi connectivity index (χ2v) is 6.04. The minimum Gasteiger partial charge on any atom is -0.478 e. The van der Waals surface area contributed by atoms with E-state index in [1.54, 1.807) is 18.3 Å². The summed E-state index contributed by atoms with van der Waals surface area (Å²) in [4.78, 5) is 36.3. The maximum Gasteiger partial charge on any atom is 0.337 e. The summed E-state index contributed by atoms with van der Waals surface area (Å²) in [7, 11) is 1.82. The van der Waals surface area contributed by atoms with Gasteiger partial charge in [0.25, 0.3) is 5.56 Å². The van der Waals surface area contributed by atoms with E-state index < -0.39 is 5.97 Å². The van der Waals surface area contributed by atoms with E-state index in [0.29, 0.717) is 34.8 Å². The van der Waals surface area contributed by atoms with E-state index in [1.165, 1.54) is 17.4 Å². The Balaban J connectivity index is 1.80. The molecule has 3 aromatic heterocycles. The lowest BCUT2D eigenvalue weighted by molar-refractivity contribution is 0.0694. The lowest BCUT2D eigenvalue weighted by Gasteiger charge is -2.16. The molecule has 2 N–H and O–H groups in total. The van der Waals surface area contributed by atoms with Crippen LogP contribution in [0.15, 0.2) is 34.6 Å². The highest BCUT2D eigenvalue weighted by atomic mass is 32.1. The SMILES string of the molecule is CN(Cc1nc2ccsc2c(=O)[nH]1)Cc1ncccc1C(=O)O. The van der Waals surface area contributed by atoms with Crippen LogP contribution in [0.4, 0.5) is 0 Å². The number of nitrogens with zero attached hydrogens (tertiary/aromatic N) is 3.